The second-order valence-electron chi connectivity index (χ2n) is 8.37. The predicted octanol–water partition coefficient (Wildman–Crippen LogP) is 3.22. The van der Waals surface area contributed by atoms with Crippen molar-refractivity contribution in [2.75, 3.05) is 28.8 Å². The first-order valence-electron chi connectivity index (χ1n) is 11.0. The Kier molecular flexibility index (Phi) is 6.62. The van der Waals surface area contributed by atoms with E-state index >= 15 is 0 Å². The van der Waals surface area contributed by atoms with Crippen molar-refractivity contribution in [2.24, 2.45) is 0 Å². The Bertz CT molecular complexity index is 1530. The van der Waals surface area contributed by atoms with Crippen LogP contribution in [0.3, 0.4) is 0 Å². The van der Waals surface area contributed by atoms with Crippen molar-refractivity contribution >= 4 is 62.3 Å². The van der Waals surface area contributed by atoms with Gasteiger partial charge >= 0.3 is 0 Å². The number of thiophene rings is 1. The average Bonchev–Trinajstić information content (AvgIpc) is 3.56. The molecule has 2 aliphatic heterocycles. The largest absolute Gasteiger partial charge is 0.463 e. The molecule has 2 aromatic heterocycles. The minimum atomic E-state index is -4.61. The zero-order valence-corrected chi connectivity index (χ0v) is 21.5. The van der Waals surface area contributed by atoms with Gasteiger partial charge in [0.2, 0.25) is 0 Å². The van der Waals surface area contributed by atoms with Crippen molar-refractivity contribution in [3.05, 3.63) is 74.7 Å². The summed E-state index contributed by atoms with van der Waals surface area (Å²) in [5, 5.41) is 7.91. The van der Waals surface area contributed by atoms with Gasteiger partial charge in [0.05, 0.1) is 33.2 Å². The molecule has 4 heterocycles. The quantitative estimate of drug-likeness (QED) is 0.418. The van der Waals surface area contributed by atoms with Crippen LogP contribution in [-0.2, 0) is 27.9 Å². The van der Waals surface area contributed by atoms with Crippen LogP contribution >= 0.6 is 22.9 Å². The maximum absolute atomic E-state index is 13.2. The van der Waals surface area contributed by atoms with Crippen molar-refractivity contribution in [1.29, 1.82) is 5.41 Å². The Morgan fingerprint density at radius 3 is 2.76 bits per heavy atom. The Hall–Kier alpha value is -3.52. The van der Waals surface area contributed by atoms with E-state index in [4.69, 9.17) is 21.7 Å². The van der Waals surface area contributed by atoms with Crippen LogP contribution in [0.2, 0.25) is 4.34 Å². The number of carbonyl (C=O) groups excluding carboxylic acids is 2. The maximum atomic E-state index is 13.2. The molecule has 14 heteroatoms. The maximum Gasteiger partial charge on any atom is 0.289 e. The number of anilines is 2. The molecule has 2 N–H and O–H groups in total. The first-order valence-corrected chi connectivity index (χ1v) is 13.8. The Balaban J connectivity index is 1.44. The van der Waals surface area contributed by atoms with E-state index in [9.17, 15) is 22.6 Å². The normalized spacial score (nSPS) is 15.2. The highest BCUT2D eigenvalue weighted by atomic mass is 35.5. The minimum absolute atomic E-state index is 0.0631. The monoisotopic (exact) mass is 561 g/mol. The van der Waals surface area contributed by atoms with Gasteiger partial charge in [0.15, 0.2) is 5.88 Å². The fourth-order valence-corrected chi connectivity index (χ4v) is 5.86. The summed E-state index contributed by atoms with van der Waals surface area (Å²) in [5.41, 5.74) is 2.35. The molecule has 0 radical (unpaired) electrons. The van der Waals surface area contributed by atoms with E-state index < -0.39 is 21.9 Å². The third-order valence-electron chi connectivity index (χ3n) is 5.91. The van der Waals surface area contributed by atoms with Gasteiger partial charge in [-0.2, -0.15) is 8.42 Å². The third-order valence-corrected chi connectivity index (χ3v) is 7.71. The number of carbonyl (C=O) groups is 2. The van der Waals surface area contributed by atoms with Crippen molar-refractivity contribution in [3.63, 3.8) is 0 Å². The van der Waals surface area contributed by atoms with Crippen LogP contribution in [0.5, 0.6) is 0 Å². The van der Waals surface area contributed by atoms with Crippen molar-refractivity contribution in [1.82, 2.24) is 9.88 Å². The molecule has 1 fully saturated rings. The molecule has 0 saturated carbocycles. The SMILES string of the molecule is N=C1OCCN1c1cccc(CN2Cc3c(cncc3N(CS(=O)(=O)O)C(=O)c3ccc(Cl)s3)C2=O)c1. The van der Waals surface area contributed by atoms with E-state index in [1.807, 2.05) is 24.3 Å². The van der Waals surface area contributed by atoms with E-state index in [0.717, 1.165) is 27.5 Å². The summed E-state index contributed by atoms with van der Waals surface area (Å²) in [6.45, 7) is 1.31. The number of hydrogen-bond acceptors (Lipinski definition) is 8. The standard InChI is InChI=1S/C23H20ClN5O6S2/c24-20-5-4-19(36-20)22(31)29(13-37(32,33)34)18-10-26-9-16-17(18)12-27(21(16)30)11-14-2-1-3-15(8-14)28-6-7-35-23(28)25/h1-5,8-10,25H,6-7,11-13H2,(H,32,33,34). The second kappa shape index (κ2) is 9.74. The number of hydrogen-bond donors (Lipinski definition) is 2. The number of rotatable bonds is 7. The molecule has 1 aromatic carbocycles. The number of amidine groups is 1. The fourth-order valence-electron chi connectivity index (χ4n) is 4.29. The van der Waals surface area contributed by atoms with Gasteiger partial charge in [-0.1, -0.05) is 23.7 Å². The van der Waals surface area contributed by atoms with E-state index in [1.165, 1.54) is 24.5 Å². The van der Waals surface area contributed by atoms with E-state index in [-0.39, 0.29) is 41.1 Å². The topological polar surface area (TPSA) is 144 Å². The highest BCUT2D eigenvalue weighted by molar-refractivity contribution is 7.85. The Morgan fingerprint density at radius 2 is 2.08 bits per heavy atom. The van der Waals surface area contributed by atoms with E-state index in [2.05, 4.69) is 4.98 Å². The fraction of sp³-hybridized carbons (Fsp3) is 0.217. The number of ether oxygens (including phenoxy) is 1. The lowest BCUT2D eigenvalue weighted by Gasteiger charge is -2.23. The number of aromatic nitrogens is 1. The van der Waals surface area contributed by atoms with Crippen molar-refractivity contribution in [3.8, 4) is 0 Å². The Labute approximate surface area is 221 Å². The summed E-state index contributed by atoms with van der Waals surface area (Å²) >= 11 is 6.92. The molecule has 0 bridgehead atoms. The molecule has 0 spiro atoms. The molecule has 11 nitrogen and oxygen atoms in total. The first-order chi connectivity index (χ1) is 17.6. The first kappa shape index (κ1) is 25.1. The summed E-state index contributed by atoms with van der Waals surface area (Å²) in [7, 11) is -4.61. The number of fused-ring (bicyclic) bond motifs is 1. The summed E-state index contributed by atoms with van der Waals surface area (Å²) in [6.07, 6.45) is 2.67. The van der Waals surface area contributed by atoms with Crippen LogP contribution in [0.15, 0.2) is 48.8 Å². The number of pyridine rings is 1. The van der Waals surface area contributed by atoms with Gasteiger partial charge in [-0.05, 0) is 29.8 Å². The van der Waals surface area contributed by atoms with Crippen LogP contribution in [0.25, 0.3) is 0 Å². The number of nitrogens with zero attached hydrogens (tertiary/aromatic N) is 4. The molecule has 37 heavy (non-hydrogen) atoms. The average molecular weight is 562 g/mol. The highest BCUT2D eigenvalue weighted by Gasteiger charge is 2.34. The van der Waals surface area contributed by atoms with Gasteiger partial charge < -0.3 is 9.64 Å². The molecule has 0 atom stereocenters. The van der Waals surface area contributed by atoms with Gasteiger partial charge in [0.25, 0.3) is 28.0 Å². The minimum Gasteiger partial charge on any atom is -0.463 e. The molecule has 2 amide bonds. The molecular weight excluding hydrogens is 542 g/mol. The molecule has 3 aromatic rings. The van der Waals surface area contributed by atoms with Gasteiger partial charge in [-0.25, -0.2) is 0 Å². The van der Waals surface area contributed by atoms with Crippen LogP contribution in [0.4, 0.5) is 11.4 Å². The molecule has 1 saturated heterocycles. The highest BCUT2D eigenvalue weighted by Crippen LogP contribution is 2.34. The molecule has 2 aliphatic rings. The van der Waals surface area contributed by atoms with Crippen LogP contribution in [0.1, 0.15) is 31.2 Å². The van der Waals surface area contributed by atoms with Crippen LogP contribution < -0.4 is 9.80 Å². The summed E-state index contributed by atoms with van der Waals surface area (Å²) < 4.78 is 38.7. The van der Waals surface area contributed by atoms with Gasteiger partial charge in [0.1, 0.15) is 6.61 Å². The summed E-state index contributed by atoms with van der Waals surface area (Å²) in [6, 6.07) is 10.4. The van der Waals surface area contributed by atoms with Crippen LogP contribution in [0, 0.1) is 5.41 Å². The lowest BCUT2D eigenvalue weighted by molar-refractivity contribution is 0.0766. The van der Waals surface area contributed by atoms with Crippen molar-refractivity contribution < 1.29 is 27.3 Å². The Morgan fingerprint density at radius 1 is 1.27 bits per heavy atom. The molecule has 5 rings (SSSR count). The predicted molar refractivity (Wildman–Crippen MR) is 138 cm³/mol. The number of amides is 2. The zero-order valence-electron chi connectivity index (χ0n) is 19.1. The molecular formula is C23H20ClN5O6S2. The summed E-state index contributed by atoms with van der Waals surface area (Å²) in [4.78, 5) is 34.9. The number of nitrogens with one attached hydrogen (secondary N) is 1. The summed E-state index contributed by atoms with van der Waals surface area (Å²) in [5.74, 6) is -2.04. The third kappa shape index (κ3) is 5.16. The molecule has 0 unspecified atom stereocenters. The van der Waals surface area contributed by atoms with Gasteiger partial charge in [-0.15, -0.1) is 11.3 Å². The molecule has 192 valence electrons. The van der Waals surface area contributed by atoms with Gasteiger partial charge in [-0.3, -0.25) is 34.3 Å². The lowest BCUT2D eigenvalue weighted by Crippen LogP contribution is -2.36. The van der Waals surface area contributed by atoms with E-state index in [1.54, 1.807) is 9.80 Å². The van der Waals surface area contributed by atoms with Crippen LogP contribution in [-0.4, -0.2) is 59.7 Å². The van der Waals surface area contributed by atoms with Crippen molar-refractivity contribution in [2.45, 2.75) is 13.1 Å². The smallest absolute Gasteiger partial charge is 0.289 e. The number of halogens is 1. The second-order valence-corrected chi connectivity index (χ2v) is 11.5. The van der Waals surface area contributed by atoms with Gasteiger partial charge in [0, 0.05) is 30.5 Å². The van der Waals surface area contributed by atoms with E-state index in [0.29, 0.717) is 23.1 Å². The lowest BCUT2D eigenvalue weighted by atomic mass is 10.1. The molecule has 0 aliphatic carbocycles. The number of benzene rings is 1. The zero-order chi connectivity index (χ0) is 26.3.